The molecule has 1 heterocycles. The lowest BCUT2D eigenvalue weighted by molar-refractivity contribution is -0.143. The number of rotatable bonds is 6. The van der Waals surface area contributed by atoms with Crippen molar-refractivity contribution in [2.45, 2.75) is 33.6 Å². The molecule has 0 spiro atoms. The highest BCUT2D eigenvalue weighted by molar-refractivity contribution is 5.95. The number of ether oxygens (including phenoxy) is 1. The predicted molar refractivity (Wildman–Crippen MR) is 71.9 cm³/mol. The number of aryl methyl sites for hydroxylation is 2. The van der Waals surface area contributed by atoms with Gasteiger partial charge in [0.15, 0.2) is 0 Å². The van der Waals surface area contributed by atoms with E-state index in [9.17, 15) is 9.59 Å². The van der Waals surface area contributed by atoms with Crippen molar-refractivity contribution >= 4 is 11.9 Å². The van der Waals surface area contributed by atoms with E-state index >= 15 is 0 Å². The van der Waals surface area contributed by atoms with Crippen molar-refractivity contribution in [2.24, 2.45) is 0 Å². The van der Waals surface area contributed by atoms with Crippen molar-refractivity contribution in [1.82, 2.24) is 10.3 Å². The van der Waals surface area contributed by atoms with Crippen molar-refractivity contribution in [3.8, 4) is 0 Å². The number of hydrogen-bond donors (Lipinski definition) is 1. The Hall–Kier alpha value is -1.91. The van der Waals surface area contributed by atoms with E-state index in [4.69, 9.17) is 4.74 Å². The van der Waals surface area contributed by atoms with E-state index in [1.54, 1.807) is 26.0 Å². The third kappa shape index (κ3) is 5.07. The molecule has 0 aliphatic heterocycles. The van der Waals surface area contributed by atoms with Crippen molar-refractivity contribution in [1.29, 1.82) is 0 Å². The Labute approximate surface area is 113 Å². The second-order valence-electron chi connectivity index (χ2n) is 4.25. The number of esters is 1. The van der Waals surface area contributed by atoms with Gasteiger partial charge in [0.2, 0.25) is 0 Å². The summed E-state index contributed by atoms with van der Waals surface area (Å²) in [4.78, 5) is 27.2. The summed E-state index contributed by atoms with van der Waals surface area (Å²) in [6.45, 7) is 6.30. The lowest BCUT2D eigenvalue weighted by Gasteiger charge is -2.07. The number of carbonyl (C=O) groups excluding carboxylic acids is 2. The Morgan fingerprint density at radius 2 is 2.05 bits per heavy atom. The van der Waals surface area contributed by atoms with Crippen molar-refractivity contribution in [3.63, 3.8) is 0 Å². The molecule has 0 saturated heterocycles. The largest absolute Gasteiger partial charge is 0.466 e. The topological polar surface area (TPSA) is 68.3 Å². The maximum Gasteiger partial charge on any atom is 0.305 e. The first kappa shape index (κ1) is 15.1. The first-order valence-corrected chi connectivity index (χ1v) is 6.42. The number of aromatic nitrogens is 1. The summed E-state index contributed by atoms with van der Waals surface area (Å²) >= 11 is 0. The molecule has 0 bridgehead atoms. The quantitative estimate of drug-likeness (QED) is 0.628. The zero-order valence-corrected chi connectivity index (χ0v) is 11.7. The average Bonchev–Trinajstić information content (AvgIpc) is 2.34. The van der Waals surface area contributed by atoms with Gasteiger partial charge in [-0.25, -0.2) is 0 Å². The van der Waals surface area contributed by atoms with Crippen LogP contribution in [0.1, 0.15) is 41.5 Å². The van der Waals surface area contributed by atoms with Gasteiger partial charge in [-0.15, -0.1) is 0 Å². The van der Waals surface area contributed by atoms with Gasteiger partial charge in [0.1, 0.15) is 0 Å². The Morgan fingerprint density at radius 1 is 1.32 bits per heavy atom. The van der Waals surface area contributed by atoms with E-state index in [2.05, 4.69) is 10.3 Å². The van der Waals surface area contributed by atoms with Crippen LogP contribution in [0.3, 0.4) is 0 Å². The molecule has 0 aliphatic carbocycles. The Bertz CT molecular complexity index is 458. The second-order valence-corrected chi connectivity index (χ2v) is 4.25. The van der Waals surface area contributed by atoms with Crippen LogP contribution in [0.25, 0.3) is 0 Å². The van der Waals surface area contributed by atoms with Crippen LogP contribution in [0.15, 0.2) is 12.1 Å². The molecule has 0 saturated carbocycles. The smallest absolute Gasteiger partial charge is 0.305 e. The van der Waals surface area contributed by atoms with Crippen LogP contribution in [-0.4, -0.2) is 30.0 Å². The zero-order chi connectivity index (χ0) is 14.3. The van der Waals surface area contributed by atoms with Crippen LogP contribution in [0.5, 0.6) is 0 Å². The van der Waals surface area contributed by atoms with Gasteiger partial charge in [-0.1, -0.05) is 0 Å². The molecule has 1 amide bonds. The van der Waals surface area contributed by atoms with Gasteiger partial charge < -0.3 is 10.1 Å². The summed E-state index contributed by atoms with van der Waals surface area (Å²) in [5, 5.41) is 2.77. The summed E-state index contributed by atoms with van der Waals surface area (Å²) in [6.07, 6.45) is 0.891. The average molecular weight is 264 g/mol. The minimum absolute atomic E-state index is 0.158. The maximum atomic E-state index is 11.9. The third-order valence-corrected chi connectivity index (χ3v) is 2.62. The minimum Gasteiger partial charge on any atom is -0.466 e. The highest BCUT2D eigenvalue weighted by Gasteiger charge is 2.09. The summed E-state index contributed by atoms with van der Waals surface area (Å²) in [7, 11) is 0. The van der Waals surface area contributed by atoms with Gasteiger partial charge in [-0.2, -0.15) is 0 Å². The van der Waals surface area contributed by atoms with Gasteiger partial charge in [0.05, 0.1) is 17.9 Å². The van der Waals surface area contributed by atoms with Crippen LogP contribution in [0, 0.1) is 13.8 Å². The standard InChI is InChI=1S/C14H20N2O3/c1-4-19-13(17)6-5-9-15-14(18)12-8-7-10(2)16-11(12)3/h7-8H,4-6,9H2,1-3H3,(H,15,18). The molecule has 0 aliphatic rings. The first-order chi connectivity index (χ1) is 9.04. The number of nitrogens with one attached hydrogen (secondary N) is 1. The van der Waals surface area contributed by atoms with E-state index < -0.39 is 0 Å². The fourth-order valence-corrected chi connectivity index (χ4v) is 1.69. The molecule has 5 heteroatoms. The molecular weight excluding hydrogens is 244 g/mol. The van der Waals surface area contributed by atoms with Gasteiger partial charge in [0, 0.05) is 18.7 Å². The van der Waals surface area contributed by atoms with Crippen LogP contribution in [0.4, 0.5) is 0 Å². The highest BCUT2D eigenvalue weighted by atomic mass is 16.5. The van der Waals surface area contributed by atoms with Crippen LogP contribution >= 0.6 is 0 Å². The molecular formula is C14H20N2O3. The Kier molecular flexibility index (Phi) is 5.99. The molecule has 1 aromatic heterocycles. The van der Waals surface area contributed by atoms with Crippen LogP contribution < -0.4 is 5.32 Å². The number of carbonyl (C=O) groups is 2. The van der Waals surface area contributed by atoms with E-state index in [1.165, 1.54) is 0 Å². The minimum atomic E-state index is -0.232. The zero-order valence-electron chi connectivity index (χ0n) is 11.7. The fourth-order valence-electron chi connectivity index (χ4n) is 1.69. The predicted octanol–water partition coefficient (Wildman–Crippen LogP) is 1.77. The fraction of sp³-hybridized carbons (Fsp3) is 0.500. The highest BCUT2D eigenvalue weighted by Crippen LogP contribution is 2.06. The molecule has 0 fully saturated rings. The van der Waals surface area contributed by atoms with E-state index in [0.717, 1.165) is 5.69 Å². The first-order valence-electron chi connectivity index (χ1n) is 6.42. The van der Waals surface area contributed by atoms with Crippen molar-refractivity contribution in [3.05, 3.63) is 29.1 Å². The van der Waals surface area contributed by atoms with Crippen molar-refractivity contribution < 1.29 is 14.3 Å². The third-order valence-electron chi connectivity index (χ3n) is 2.62. The monoisotopic (exact) mass is 264 g/mol. The molecule has 1 aromatic rings. The van der Waals surface area contributed by atoms with E-state index in [1.807, 2.05) is 6.92 Å². The van der Waals surface area contributed by atoms with E-state index in [-0.39, 0.29) is 11.9 Å². The summed E-state index contributed by atoms with van der Waals surface area (Å²) in [6, 6.07) is 3.57. The molecule has 5 nitrogen and oxygen atoms in total. The Balaban J connectivity index is 2.37. The van der Waals surface area contributed by atoms with Crippen LogP contribution in [-0.2, 0) is 9.53 Å². The van der Waals surface area contributed by atoms with Gasteiger partial charge in [-0.05, 0) is 39.3 Å². The maximum absolute atomic E-state index is 11.9. The van der Waals surface area contributed by atoms with Gasteiger partial charge in [-0.3, -0.25) is 14.6 Å². The van der Waals surface area contributed by atoms with Crippen LogP contribution in [0.2, 0.25) is 0 Å². The molecule has 0 aromatic carbocycles. The van der Waals surface area contributed by atoms with Crippen molar-refractivity contribution in [2.75, 3.05) is 13.2 Å². The molecule has 1 N–H and O–H groups in total. The molecule has 19 heavy (non-hydrogen) atoms. The summed E-state index contributed by atoms with van der Waals surface area (Å²) in [5.74, 6) is -0.390. The lowest BCUT2D eigenvalue weighted by atomic mass is 10.1. The number of amides is 1. The Morgan fingerprint density at radius 3 is 2.68 bits per heavy atom. The number of pyridine rings is 1. The van der Waals surface area contributed by atoms with E-state index in [0.29, 0.717) is 37.3 Å². The molecule has 104 valence electrons. The lowest BCUT2D eigenvalue weighted by Crippen LogP contribution is -2.26. The second kappa shape index (κ2) is 7.51. The summed E-state index contributed by atoms with van der Waals surface area (Å²) < 4.78 is 4.80. The normalized spacial score (nSPS) is 10.1. The SMILES string of the molecule is CCOC(=O)CCCNC(=O)c1ccc(C)nc1C. The molecule has 0 atom stereocenters. The molecule has 0 radical (unpaired) electrons. The van der Waals surface area contributed by atoms with Gasteiger partial charge >= 0.3 is 5.97 Å². The van der Waals surface area contributed by atoms with Gasteiger partial charge in [0.25, 0.3) is 5.91 Å². The number of nitrogens with zero attached hydrogens (tertiary/aromatic N) is 1. The molecule has 1 rings (SSSR count). The summed E-state index contributed by atoms with van der Waals surface area (Å²) in [5.41, 5.74) is 2.17. The number of hydrogen-bond acceptors (Lipinski definition) is 4. The molecule has 0 unspecified atom stereocenters.